The molecule has 1 amide bonds. The third kappa shape index (κ3) is 6.81. The van der Waals surface area contributed by atoms with Gasteiger partial charge in [-0.3, -0.25) is 9.69 Å². The molecule has 0 unspecified atom stereocenters. The first kappa shape index (κ1) is 22.8. The molecule has 0 spiro atoms. The van der Waals surface area contributed by atoms with E-state index in [0.29, 0.717) is 18.7 Å². The van der Waals surface area contributed by atoms with E-state index in [2.05, 4.69) is 34.5 Å². The summed E-state index contributed by atoms with van der Waals surface area (Å²) in [6.07, 6.45) is 6.98. The summed E-state index contributed by atoms with van der Waals surface area (Å²) in [6, 6.07) is 14.7. The van der Waals surface area contributed by atoms with Crippen molar-refractivity contribution in [3.8, 4) is 5.75 Å². The fourth-order valence-electron chi connectivity index (χ4n) is 4.38. The molecule has 2 aromatic rings. The molecular formula is C27H36N2O3. The van der Waals surface area contributed by atoms with Gasteiger partial charge in [0.05, 0.1) is 13.2 Å². The molecule has 0 aromatic heterocycles. The first-order valence-electron chi connectivity index (χ1n) is 12.0. The van der Waals surface area contributed by atoms with E-state index in [1.54, 1.807) is 7.11 Å². The van der Waals surface area contributed by atoms with E-state index in [1.807, 2.05) is 18.2 Å². The lowest BCUT2D eigenvalue weighted by atomic mass is 9.99. The average Bonchev–Trinajstić information content (AvgIpc) is 3.60. The first-order chi connectivity index (χ1) is 15.7. The molecule has 32 heavy (non-hydrogen) atoms. The molecule has 2 bridgehead atoms. The van der Waals surface area contributed by atoms with Crippen molar-refractivity contribution in [2.24, 2.45) is 5.92 Å². The van der Waals surface area contributed by atoms with Crippen LogP contribution in [0.1, 0.15) is 59.2 Å². The van der Waals surface area contributed by atoms with Gasteiger partial charge in [0.1, 0.15) is 5.75 Å². The van der Waals surface area contributed by atoms with Crippen LogP contribution in [-0.4, -0.2) is 50.8 Å². The lowest BCUT2D eigenvalue weighted by molar-refractivity contribution is 0.0937. The predicted octanol–water partition coefficient (Wildman–Crippen LogP) is 4.43. The summed E-state index contributed by atoms with van der Waals surface area (Å²) in [6.45, 7) is 5.14. The molecule has 1 aliphatic heterocycles. The summed E-state index contributed by atoms with van der Waals surface area (Å²) in [5.74, 6) is 1.71. The molecule has 2 aliphatic rings. The number of hydrogen-bond donors (Lipinski definition) is 1. The van der Waals surface area contributed by atoms with Crippen LogP contribution in [0.4, 0.5) is 0 Å². The number of amides is 1. The number of nitrogens with zero attached hydrogens (tertiary/aromatic N) is 1. The van der Waals surface area contributed by atoms with Crippen LogP contribution in [-0.2, 0) is 17.7 Å². The highest BCUT2D eigenvalue weighted by atomic mass is 16.5. The summed E-state index contributed by atoms with van der Waals surface area (Å²) in [5.41, 5.74) is 4.36. The maximum absolute atomic E-state index is 12.6. The van der Waals surface area contributed by atoms with Gasteiger partial charge in [-0.1, -0.05) is 24.3 Å². The van der Waals surface area contributed by atoms with Crippen molar-refractivity contribution in [3.63, 3.8) is 0 Å². The second-order valence-corrected chi connectivity index (χ2v) is 9.16. The Bertz CT molecular complexity index is 894. The first-order valence-corrected chi connectivity index (χ1v) is 12.0. The number of methoxy groups -OCH3 is 1. The maximum Gasteiger partial charge on any atom is 0.251 e. The fraction of sp³-hybridized carbons (Fsp3) is 0.519. The lowest BCUT2D eigenvalue weighted by Crippen LogP contribution is -2.27. The van der Waals surface area contributed by atoms with Gasteiger partial charge in [-0.2, -0.15) is 0 Å². The third-order valence-corrected chi connectivity index (χ3v) is 6.30. The number of hydrogen-bond acceptors (Lipinski definition) is 4. The van der Waals surface area contributed by atoms with Crippen LogP contribution in [0.3, 0.4) is 0 Å². The van der Waals surface area contributed by atoms with Crippen molar-refractivity contribution in [1.82, 2.24) is 10.2 Å². The number of carbonyl (C=O) groups excluding carboxylic acids is 1. The van der Waals surface area contributed by atoms with E-state index in [0.717, 1.165) is 43.2 Å². The summed E-state index contributed by atoms with van der Waals surface area (Å²) >= 11 is 0. The minimum absolute atomic E-state index is 0.0753. The van der Waals surface area contributed by atoms with Crippen molar-refractivity contribution in [2.45, 2.75) is 45.1 Å². The van der Waals surface area contributed by atoms with Gasteiger partial charge in [-0.15, -0.1) is 0 Å². The Kier molecular flexibility index (Phi) is 8.18. The van der Waals surface area contributed by atoms with Crippen molar-refractivity contribution >= 4 is 5.91 Å². The molecular weight excluding hydrogens is 400 g/mol. The lowest BCUT2D eigenvalue weighted by Gasteiger charge is -2.23. The third-order valence-electron chi connectivity index (χ3n) is 6.30. The fourth-order valence-corrected chi connectivity index (χ4v) is 4.38. The van der Waals surface area contributed by atoms with Crippen LogP contribution >= 0.6 is 0 Å². The number of nitrogens with one attached hydrogen (secondary N) is 1. The van der Waals surface area contributed by atoms with Gasteiger partial charge in [-0.05, 0) is 79.5 Å². The largest absolute Gasteiger partial charge is 0.493 e. The number of carbonyl (C=O) groups is 1. The highest BCUT2D eigenvalue weighted by Gasteiger charge is 2.24. The number of fused-ring (bicyclic) bond motifs is 3. The SMILES string of the molecule is COCCNC(=O)c1ccc2c(c1)Cc1cccc(c1)CN(CC1CC1)CCCCCO2. The van der Waals surface area contributed by atoms with Crippen LogP contribution in [0.25, 0.3) is 0 Å². The van der Waals surface area contributed by atoms with Crippen LogP contribution in [0.15, 0.2) is 42.5 Å². The Hall–Kier alpha value is -2.37. The minimum Gasteiger partial charge on any atom is -0.493 e. The van der Waals surface area contributed by atoms with Crippen LogP contribution in [0.5, 0.6) is 5.75 Å². The van der Waals surface area contributed by atoms with E-state index in [-0.39, 0.29) is 5.91 Å². The molecule has 1 N–H and O–H groups in total. The van der Waals surface area contributed by atoms with Crippen LogP contribution in [0.2, 0.25) is 0 Å². The maximum atomic E-state index is 12.6. The van der Waals surface area contributed by atoms with Crippen molar-refractivity contribution in [2.75, 3.05) is 40.0 Å². The molecule has 1 aliphatic carbocycles. The Labute approximate surface area is 192 Å². The number of benzene rings is 2. The van der Waals surface area contributed by atoms with Crippen molar-refractivity contribution in [3.05, 3.63) is 64.7 Å². The van der Waals surface area contributed by atoms with E-state index < -0.39 is 0 Å². The molecule has 1 fully saturated rings. The molecule has 1 saturated carbocycles. The summed E-state index contributed by atoms with van der Waals surface area (Å²) < 4.78 is 11.2. The Balaban J connectivity index is 1.54. The van der Waals surface area contributed by atoms with Gasteiger partial charge in [0.15, 0.2) is 0 Å². The molecule has 5 nitrogen and oxygen atoms in total. The summed E-state index contributed by atoms with van der Waals surface area (Å²) in [4.78, 5) is 15.2. The zero-order chi connectivity index (χ0) is 22.2. The van der Waals surface area contributed by atoms with E-state index in [9.17, 15) is 4.79 Å². The van der Waals surface area contributed by atoms with E-state index in [4.69, 9.17) is 9.47 Å². The summed E-state index contributed by atoms with van der Waals surface area (Å²) in [5, 5.41) is 2.91. The van der Waals surface area contributed by atoms with Gasteiger partial charge in [0.2, 0.25) is 0 Å². The molecule has 172 valence electrons. The molecule has 0 atom stereocenters. The normalized spacial score (nSPS) is 17.7. The zero-order valence-electron chi connectivity index (χ0n) is 19.3. The summed E-state index contributed by atoms with van der Waals surface area (Å²) in [7, 11) is 1.63. The van der Waals surface area contributed by atoms with Crippen molar-refractivity contribution in [1.29, 1.82) is 0 Å². The van der Waals surface area contributed by atoms with Crippen molar-refractivity contribution < 1.29 is 14.3 Å². The average molecular weight is 437 g/mol. The second kappa shape index (κ2) is 11.5. The minimum atomic E-state index is -0.0753. The highest BCUT2D eigenvalue weighted by molar-refractivity contribution is 5.94. The molecule has 2 aromatic carbocycles. The molecule has 4 rings (SSSR count). The Morgan fingerprint density at radius 3 is 2.84 bits per heavy atom. The van der Waals surface area contributed by atoms with Gasteiger partial charge in [-0.25, -0.2) is 0 Å². The van der Waals surface area contributed by atoms with Gasteiger partial charge < -0.3 is 14.8 Å². The van der Waals surface area contributed by atoms with E-state index >= 15 is 0 Å². The van der Waals surface area contributed by atoms with Crippen LogP contribution in [0, 0.1) is 5.92 Å². The standard InChI is InChI=1S/C27H36N2O3/c1-31-15-12-28-27(30)24-10-11-26-25(18-24)17-22-6-5-7-23(16-22)20-29(19-21-8-9-21)13-3-2-4-14-32-26/h5-7,10-11,16,18,21H,2-4,8-9,12-15,17,19-20H2,1H3,(H,28,30). The van der Waals surface area contributed by atoms with Gasteiger partial charge in [0, 0.05) is 38.7 Å². The second-order valence-electron chi connectivity index (χ2n) is 9.16. The topological polar surface area (TPSA) is 50.8 Å². The van der Waals surface area contributed by atoms with Gasteiger partial charge >= 0.3 is 0 Å². The molecule has 5 heteroatoms. The van der Waals surface area contributed by atoms with Crippen LogP contribution < -0.4 is 10.1 Å². The predicted molar refractivity (Wildman–Crippen MR) is 127 cm³/mol. The number of ether oxygens (including phenoxy) is 2. The highest BCUT2D eigenvalue weighted by Crippen LogP contribution is 2.31. The molecule has 0 radical (unpaired) electrons. The Morgan fingerprint density at radius 2 is 2.00 bits per heavy atom. The molecule has 1 heterocycles. The monoisotopic (exact) mass is 436 g/mol. The smallest absolute Gasteiger partial charge is 0.251 e. The number of rotatable bonds is 6. The zero-order valence-corrected chi connectivity index (χ0v) is 19.3. The Morgan fingerprint density at radius 1 is 1.12 bits per heavy atom. The quantitative estimate of drug-likeness (QED) is 0.681. The molecule has 0 saturated heterocycles. The van der Waals surface area contributed by atoms with E-state index in [1.165, 1.54) is 49.9 Å². The van der Waals surface area contributed by atoms with Gasteiger partial charge in [0.25, 0.3) is 5.91 Å².